The van der Waals surface area contributed by atoms with Crippen LogP contribution in [0.1, 0.15) is 21.5 Å². The zero-order valence-electron chi connectivity index (χ0n) is 17.8. The number of para-hydroxylation sites is 1. The molecule has 0 saturated carbocycles. The summed E-state index contributed by atoms with van der Waals surface area (Å²) in [6, 6.07) is 11.4. The number of Topliss-reactive ketones (excluding diaryl/α,β-unsaturated/α-hetero) is 1. The Bertz CT molecular complexity index is 967. The van der Waals surface area contributed by atoms with Crippen molar-refractivity contribution in [2.24, 2.45) is 0 Å². The molecule has 2 aromatic carbocycles. The minimum Gasteiger partial charge on any atom is -0.493 e. The maximum absolute atomic E-state index is 12.4. The number of nitrogens with one attached hydrogen (secondary N) is 2. The predicted molar refractivity (Wildman–Crippen MR) is 113 cm³/mol. The number of aryl methyl sites for hydroxylation is 1. The summed E-state index contributed by atoms with van der Waals surface area (Å²) in [6.45, 7) is 7.53. The Balaban J connectivity index is 1.37. The molecule has 7 nitrogen and oxygen atoms in total. The first-order valence-corrected chi connectivity index (χ1v) is 10.4. The van der Waals surface area contributed by atoms with Crippen molar-refractivity contribution in [3.63, 3.8) is 0 Å². The van der Waals surface area contributed by atoms with E-state index >= 15 is 0 Å². The molecule has 0 bridgehead atoms. The van der Waals surface area contributed by atoms with Gasteiger partial charge in [0.1, 0.15) is 32.7 Å². The fourth-order valence-electron chi connectivity index (χ4n) is 4.40. The highest BCUT2D eigenvalue weighted by molar-refractivity contribution is 6.52. The van der Waals surface area contributed by atoms with E-state index in [1.165, 1.54) is 20.9 Å². The summed E-state index contributed by atoms with van der Waals surface area (Å²) in [6.07, 6.45) is 0. The van der Waals surface area contributed by atoms with Crippen LogP contribution in [-0.2, 0) is 11.3 Å². The van der Waals surface area contributed by atoms with E-state index in [-0.39, 0.29) is 0 Å². The lowest BCUT2D eigenvalue weighted by atomic mass is 10.1. The van der Waals surface area contributed by atoms with Crippen LogP contribution in [0, 0.1) is 6.92 Å². The van der Waals surface area contributed by atoms with E-state index in [9.17, 15) is 9.59 Å². The number of methoxy groups -OCH3 is 2. The zero-order valence-corrected chi connectivity index (χ0v) is 17.8. The van der Waals surface area contributed by atoms with Crippen molar-refractivity contribution in [1.82, 2.24) is 0 Å². The lowest BCUT2D eigenvalue weighted by Crippen LogP contribution is -3.28. The molecule has 0 aliphatic carbocycles. The summed E-state index contributed by atoms with van der Waals surface area (Å²) in [5.41, 5.74) is 3.74. The van der Waals surface area contributed by atoms with E-state index in [0.29, 0.717) is 12.2 Å². The molecule has 158 valence electrons. The second-order valence-electron chi connectivity index (χ2n) is 8.05. The highest BCUT2D eigenvalue weighted by atomic mass is 16.5. The lowest BCUT2D eigenvalue weighted by molar-refractivity contribution is -1.02. The molecule has 2 aromatic rings. The number of anilines is 1. The summed E-state index contributed by atoms with van der Waals surface area (Å²) >= 11 is 0. The van der Waals surface area contributed by atoms with Crippen LogP contribution in [0.25, 0.3) is 0 Å². The molecule has 1 saturated heterocycles. The van der Waals surface area contributed by atoms with Gasteiger partial charge in [-0.15, -0.1) is 0 Å². The first-order valence-electron chi connectivity index (χ1n) is 10.4. The second-order valence-corrected chi connectivity index (χ2v) is 8.05. The largest absolute Gasteiger partial charge is 0.493 e. The smallest absolute Gasteiger partial charge is 0.303 e. The molecule has 0 radical (unpaired) electrons. The van der Waals surface area contributed by atoms with Gasteiger partial charge in [-0.1, -0.05) is 12.1 Å². The van der Waals surface area contributed by atoms with Crippen molar-refractivity contribution in [3.8, 4) is 11.5 Å². The Morgan fingerprint density at radius 2 is 1.57 bits per heavy atom. The molecule has 2 heterocycles. The number of quaternary nitrogens is 2. The molecular formula is C23H29N3O4+2. The van der Waals surface area contributed by atoms with Gasteiger partial charge in [0.2, 0.25) is 0 Å². The topological polar surface area (TPSA) is 64.7 Å². The number of rotatable bonds is 6. The van der Waals surface area contributed by atoms with Crippen LogP contribution in [-0.4, -0.2) is 58.8 Å². The van der Waals surface area contributed by atoms with Crippen molar-refractivity contribution in [1.29, 1.82) is 0 Å². The summed E-state index contributed by atoms with van der Waals surface area (Å²) in [7, 11) is 3.32. The molecule has 2 aliphatic heterocycles. The van der Waals surface area contributed by atoms with Crippen LogP contribution in [0.4, 0.5) is 5.69 Å². The normalized spacial score (nSPS) is 21.0. The van der Waals surface area contributed by atoms with Crippen LogP contribution in [0.2, 0.25) is 0 Å². The average molecular weight is 412 g/mol. The van der Waals surface area contributed by atoms with Gasteiger partial charge >= 0.3 is 5.91 Å². The van der Waals surface area contributed by atoms with Crippen LogP contribution >= 0.6 is 0 Å². The Morgan fingerprint density at radius 1 is 0.933 bits per heavy atom. The summed E-state index contributed by atoms with van der Waals surface area (Å²) < 4.78 is 10.8. The maximum Gasteiger partial charge on any atom is 0.303 e. The van der Waals surface area contributed by atoms with E-state index in [4.69, 9.17) is 9.47 Å². The number of hydrogen-bond acceptors (Lipinski definition) is 4. The fourth-order valence-corrected chi connectivity index (χ4v) is 4.40. The Hall–Kier alpha value is -2.90. The molecule has 0 aromatic heterocycles. The van der Waals surface area contributed by atoms with Crippen LogP contribution < -0.4 is 24.2 Å². The number of ether oxygens (including phenoxy) is 2. The van der Waals surface area contributed by atoms with Crippen LogP contribution in [0.3, 0.4) is 0 Å². The number of piperazine rings is 1. The number of benzene rings is 2. The molecule has 4 rings (SSSR count). The predicted octanol–water partition coefficient (Wildman–Crippen LogP) is -0.517. The molecule has 0 unspecified atom stereocenters. The van der Waals surface area contributed by atoms with E-state index < -0.39 is 11.7 Å². The molecule has 7 heteroatoms. The third-order valence-electron chi connectivity index (χ3n) is 6.21. The third-order valence-corrected chi connectivity index (χ3v) is 6.21. The highest BCUT2D eigenvalue weighted by Crippen LogP contribution is 2.30. The SMILES string of the molecule is COc1cc(C)c(C[NH+]2CC[NH+](CN3C(=O)C(=O)c4ccccc43)CC2)cc1OC. The number of hydrogen-bond donors (Lipinski definition) is 2. The maximum atomic E-state index is 12.4. The van der Waals surface area contributed by atoms with Gasteiger partial charge < -0.3 is 19.3 Å². The van der Waals surface area contributed by atoms with Crippen LogP contribution in [0.15, 0.2) is 36.4 Å². The number of carbonyl (C=O) groups is 2. The number of carbonyl (C=O) groups excluding carboxylic acids is 2. The number of amides is 1. The molecule has 2 N–H and O–H groups in total. The van der Waals surface area contributed by atoms with Crippen molar-refractivity contribution in [2.45, 2.75) is 13.5 Å². The minimum atomic E-state index is -0.403. The van der Waals surface area contributed by atoms with E-state index in [2.05, 4.69) is 13.0 Å². The highest BCUT2D eigenvalue weighted by Gasteiger charge is 2.38. The van der Waals surface area contributed by atoms with Gasteiger partial charge in [0.15, 0.2) is 18.2 Å². The molecule has 0 spiro atoms. The quantitative estimate of drug-likeness (QED) is 0.628. The Kier molecular flexibility index (Phi) is 5.74. The van der Waals surface area contributed by atoms with Gasteiger partial charge in [-0.3, -0.25) is 14.5 Å². The van der Waals surface area contributed by atoms with Crippen LogP contribution in [0.5, 0.6) is 11.5 Å². The van der Waals surface area contributed by atoms with Crippen molar-refractivity contribution in [2.75, 3.05) is 52.0 Å². The monoisotopic (exact) mass is 411 g/mol. The molecule has 2 aliphatic rings. The zero-order chi connectivity index (χ0) is 21.3. The van der Waals surface area contributed by atoms with Gasteiger partial charge in [0.05, 0.1) is 25.5 Å². The average Bonchev–Trinajstić information content (AvgIpc) is 3.01. The summed E-state index contributed by atoms with van der Waals surface area (Å²) in [5.74, 6) is 0.725. The van der Waals surface area contributed by atoms with Gasteiger partial charge in [0.25, 0.3) is 5.78 Å². The molecule has 0 atom stereocenters. The van der Waals surface area contributed by atoms with Crippen molar-refractivity contribution in [3.05, 3.63) is 53.1 Å². The Morgan fingerprint density at radius 3 is 2.27 bits per heavy atom. The second kappa shape index (κ2) is 8.45. The third kappa shape index (κ3) is 3.78. The fraction of sp³-hybridized carbons (Fsp3) is 0.391. The van der Waals surface area contributed by atoms with Gasteiger partial charge in [-0.05, 0) is 36.8 Å². The molecular weight excluding hydrogens is 382 g/mol. The van der Waals surface area contributed by atoms with E-state index in [1.807, 2.05) is 18.2 Å². The molecule has 1 amide bonds. The Labute approximate surface area is 176 Å². The molecule has 1 fully saturated rings. The van der Waals surface area contributed by atoms with Gasteiger partial charge in [-0.25, -0.2) is 0 Å². The number of ketones is 1. The van der Waals surface area contributed by atoms with E-state index in [0.717, 1.165) is 49.9 Å². The molecule has 30 heavy (non-hydrogen) atoms. The first-order chi connectivity index (χ1) is 14.5. The lowest BCUT2D eigenvalue weighted by Gasteiger charge is -2.32. The number of nitrogens with zero attached hydrogens (tertiary/aromatic N) is 1. The minimum absolute atomic E-state index is 0.391. The van der Waals surface area contributed by atoms with Crippen molar-refractivity contribution >= 4 is 17.4 Å². The number of fused-ring (bicyclic) bond motifs is 1. The van der Waals surface area contributed by atoms with Gasteiger partial charge in [0, 0.05) is 5.56 Å². The first kappa shape index (κ1) is 20.4. The summed E-state index contributed by atoms with van der Waals surface area (Å²) in [5, 5.41) is 0. The van der Waals surface area contributed by atoms with E-state index in [1.54, 1.807) is 31.3 Å². The van der Waals surface area contributed by atoms with Crippen molar-refractivity contribution < 1.29 is 28.9 Å². The standard InChI is InChI=1S/C23H27N3O4/c1-16-12-20(29-2)21(30-3)13-17(16)14-24-8-10-25(11-9-24)15-26-19-7-5-4-6-18(19)22(27)23(26)28/h4-7,12-13H,8-11,14-15H2,1-3H3/p+2. The van der Waals surface area contributed by atoms with Gasteiger partial charge in [-0.2, -0.15) is 0 Å². The summed E-state index contributed by atoms with van der Waals surface area (Å²) in [4.78, 5) is 29.1.